The third-order valence-corrected chi connectivity index (χ3v) is 4.23. The Morgan fingerprint density at radius 3 is 2.69 bits per heavy atom. The molecule has 0 saturated heterocycles. The summed E-state index contributed by atoms with van der Waals surface area (Å²) in [5, 5.41) is 10.6. The van der Waals surface area contributed by atoms with E-state index in [1.807, 2.05) is 36.5 Å². The summed E-state index contributed by atoms with van der Waals surface area (Å²) in [4.78, 5) is 4.39. The lowest BCUT2D eigenvalue weighted by atomic mass is 10.1. The summed E-state index contributed by atoms with van der Waals surface area (Å²) in [5.74, 6) is -0.0195. The van der Waals surface area contributed by atoms with E-state index in [1.165, 1.54) is 6.07 Å². The zero-order chi connectivity index (χ0) is 17.9. The summed E-state index contributed by atoms with van der Waals surface area (Å²) < 4.78 is 15.5. The van der Waals surface area contributed by atoms with E-state index in [0.717, 1.165) is 22.0 Å². The van der Waals surface area contributed by atoms with E-state index < -0.39 is 0 Å². The van der Waals surface area contributed by atoms with Crippen LogP contribution >= 0.6 is 0 Å². The average Bonchev–Trinajstić information content (AvgIpc) is 3.02. The molecule has 0 bridgehead atoms. The van der Waals surface area contributed by atoms with Crippen LogP contribution in [0.3, 0.4) is 0 Å². The maximum absolute atomic E-state index is 13.4. The normalized spacial score (nSPS) is 11.4. The summed E-state index contributed by atoms with van der Waals surface area (Å²) in [6.07, 6.45) is 3.78. The van der Waals surface area contributed by atoms with E-state index in [4.69, 9.17) is 0 Å². The van der Waals surface area contributed by atoms with Gasteiger partial charge in [0.2, 0.25) is 0 Å². The number of benzene rings is 3. The van der Waals surface area contributed by atoms with E-state index in [9.17, 15) is 9.50 Å². The van der Waals surface area contributed by atoms with E-state index in [1.54, 1.807) is 36.5 Å². The number of rotatable bonds is 4. The van der Waals surface area contributed by atoms with Crippen LogP contribution in [-0.4, -0.2) is 15.9 Å². The molecule has 3 aromatic carbocycles. The van der Waals surface area contributed by atoms with E-state index in [0.29, 0.717) is 12.2 Å². The van der Waals surface area contributed by atoms with Crippen LogP contribution in [0.4, 0.5) is 10.1 Å². The number of phenols is 1. The van der Waals surface area contributed by atoms with Crippen molar-refractivity contribution in [2.75, 3.05) is 0 Å². The average molecular weight is 344 g/mol. The fraction of sp³-hybridized carbons (Fsp3) is 0.0455. The summed E-state index contributed by atoms with van der Waals surface area (Å²) in [6, 6.07) is 21.6. The third kappa shape index (κ3) is 3.49. The maximum atomic E-state index is 13.4. The molecule has 4 rings (SSSR count). The minimum Gasteiger partial charge on any atom is -0.508 e. The number of halogens is 1. The Kier molecular flexibility index (Phi) is 4.23. The lowest BCUT2D eigenvalue weighted by Gasteiger charge is -2.06. The molecule has 1 heterocycles. The number of fused-ring (bicyclic) bond motifs is 1. The maximum Gasteiger partial charge on any atom is 0.123 e. The van der Waals surface area contributed by atoms with E-state index in [-0.39, 0.29) is 11.6 Å². The van der Waals surface area contributed by atoms with Crippen LogP contribution in [0.15, 0.2) is 84.0 Å². The third-order valence-electron chi connectivity index (χ3n) is 4.23. The van der Waals surface area contributed by atoms with Crippen molar-refractivity contribution in [3.63, 3.8) is 0 Å². The molecule has 0 amide bonds. The van der Waals surface area contributed by atoms with Gasteiger partial charge in [-0.15, -0.1) is 0 Å². The first kappa shape index (κ1) is 16.1. The molecule has 4 heteroatoms. The number of aromatic hydroxyl groups is 1. The van der Waals surface area contributed by atoms with Gasteiger partial charge in [-0.2, -0.15) is 0 Å². The Labute approximate surface area is 150 Å². The molecule has 1 N–H and O–H groups in total. The lowest BCUT2D eigenvalue weighted by molar-refractivity contribution is 0.475. The second kappa shape index (κ2) is 6.84. The number of aliphatic imine (C=N–C) groups is 1. The van der Waals surface area contributed by atoms with Crippen LogP contribution in [0.5, 0.6) is 5.75 Å². The Morgan fingerprint density at radius 1 is 0.962 bits per heavy atom. The van der Waals surface area contributed by atoms with Gasteiger partial charge in [-0.3, -0.25) is 4.99 Å². The zero-order valence-electron chi connectivity index (χ0n) is 14.0. The van der Waals surface area contributed by atoms with Gasteiger partial charge in [0.05, 0.1) is 5.69 Å². The lowest BCUT2D eigenvalue weighted by Crippen LogP contribution is -1.98. The molecule has 0 saturated carbocycles. The number of hydrogen-bond acceptors (Lipinski definition) is 2. The van der Waals surface area contributed by atoms with Crippen LogP contribution < -0.4 is 0 Å². The van der Waals surface area contributed by atoms with Crippen molar-refractivity contribution in [3.8, 4) is 5.75 Å². The summed E-state index contributed by atoms with van der Waals surface area (Å²) in [5.41, 5.74) is 3.69. The van der Waals surface area contributed by atoms with Gasteiger partial charge in [0.25, 0.3) is 0 Å². The van der Waals surface area contributed by atoms with E-state index in [2.05, 4.69) is 15.6 Å². The highest BCUT2D eigenvalue weighted by atomic mass is 19.1. The van der Waals surface area contributed by atoms with Gasteiger partial charge in [0.15, 0.2) is 0 Å². The Morgan fingerprint density at radius 2 is 1.85 bits per heavy atom. The highest BCUT2D eigenvalue weighted by Gasteiger charge is 2.03. The molecule has 1 aromatic heterocycles. The zero-order valence-corrected chi connectivity index (χ0v) is 14.0. The summed E-state index contributed by atoms with van der Waals surface area (Å²) in [6.45, 7) is 0.623. The van der Waals surface area contributed by atoms with Crippen LogP contribution in [0.1, 0.15) is 11.1 Å². The van der Waals surface area contributed by atoms with Crippen molar-refractivity contribution >= 4 is 22.8 Å². The molecule has 0 unspecified atom stereocenters. The van der Waals surface area contributed by atoms with Gasteiger partial charge in [0, 0.05) is 35.9 Å². The summed E-state index contributed by atoms with van der Waals surface area (Å²) in [7, 11) is 0. The molecule has 0 fully saturated rings. The molecule has 0 aliphatic carbocycles. The highest BCUT2D eigenvalue weighted by molar-refractivity contribution is 5.90. The number of phenolic OH excluding ortho intramolecular Hbond substituents is 1. The first-order valence-electron chi connectivity index (χ1n) is 8.34. The van der Waals surface area contributed by atoms with Crippen LogP contribution in [0.2, 0.25) is 0 Å². The first-order chi connectivity index (χ1) is 12.7. The molecule has 0 spiro atoms. The minimum atomic E-state index is -0.218. The molecule has 0 aliphatic rings. The van der Waals surface area contributed by atoms with Crippen molar-refractivity contribution < 1.29 is 9.50 Å². The Balaban J connectivity index is 1.59. The van der Waals surface area contributed by atoms with E-state index >= 15 is 0 Å². The predicted molar refractivity (Wildman–Crippen MR) is 103 cm³/mol. The Bertz CT molecular complexity index is 1100. The number of nitrogens with zero attached hydrogens (tertiary/aromatic N) is 2. The number of hydrogen-bond donors (Lipinski definition) is 1. The van der Waals surface area contributed by atoms with Gasteiger partial charge < -0.3 is 9.67 Å². The monoisotopic (exact) mass is 344 g/mol. The molecule has 0 atom stereocenters. The van der Waals surface area contributed by atoms with Crippen LogP contribution in [-0.2, 0) is 6.54 Å². The second-order valence-electron chi connectivity index (χ2n) is 6.17. The molecular formula is C22H17FN2O. The molecule has 128 valence electrons. The molecule has 3 nitrogen and oxygen atoms in total. The molecule has 0 radical (unpaired) electrons. The topological polar surface area (TPSA) is 37.5 Å². The largest absolute Gasteiger partial charge is 0.508 e. The second-order valence-corrected chi connectivity index (χ2v) is 6.17. The molecule has 0 aliphatic heterocycles. The summed E-state index contributed by atoms with van der Waals surface area (Å²) >= 11 is 0. The van der Waals surface area contributed by atoms with Gasteiger partial charge in [-0.1, -0.05) is 24.3 Å². The van der Waals surface area contributed by atoms with Crippen molar-refractivity contribution in [2.24, 2.45) is 4.99 Å². The molecule has 26 heavy (non-hydrogen) atoms. The van der Waals surface area contributed by atoms with Gasteiger partial charge in [0.1, 0.15) is 11.6 Å². The van der Waals surface area contributed by atoms with Gasteiger partial charge in [-0.25, -0.2) is 4.39 Å². The highest BCUT2D eigenvalue weighted by Crippen LogP contribution is 2.21. The van der Waals surface area contributed by atoms with Crippen molar-refractivity contribution in [2.45, 2.75) is 6.54 Å². The number of aromatic nitrogens is 1. The minimum absolute atomic E-state index is 0.199. The smallest absolute Gasteiger partial charge is 0.123 e. The van der Waals surface area contributed by atoms with Gasteiger partial charge >= 0.3 is 0 Å². The first-order valence-corrected chi connectivity index (χ1v) is 8.34. The molecular weight excluding hydrogens is 327 g/mol. The Hall–Kier alpha value is -3.40. The SMILES string of the molecule is Oc1cccc(N=Cc2ccc3c(ccn3Cc3cccc(F)c3)c2)c1. The van der Waals surface area contributed by atoms with Crippen molar-refractivity contribution in [1.29, 1.82) is 0 Å². The fourth-order valence-electron chi connectivity index (χ4n) is 2.99. The van der Waals surface area contributed by atoms with Gasteiger partial charge in [-0.05, 0) is 53.6 Å². The quantitative estimate of drug-likeness (QED) is 0.502. The predicted octanol–water partition coefficient (Wildman–Crippen LogP) is 5.28. The standard InChI is InChI=1S/C22H17FN2O/c23-19-4-1-3-17(12-19)15-25-10-9-18-11-16(7-8-22(18)25)14-24-20-5-2-6-21(26)13-20/h1-14,26H,15H2. The van der Waals surface area contributed by atoms with Crippen LogP contribution in [0, 0.1) is 5.82 Å². The van der Waals surface area contributed by atoms with Crippen LogP contribution in [0.25, 0.3) is 10.9 Å². The van der Waals surface area contributed by atoms with Crippen molar-refractivity contribution in [3.05, 3.63) is 95.9 Å². The fourth-order valence-corrected chi connectivity index (χ4v) is 2.99. The molecule has 4 aromatic rings. The van der Waals surface area contributed by atoms with Crippen molar-refractivity contribution in [1.82, 2.24) is 4.57 Å².